The third kappa shape index (κ3) is 1.58. The number of hydrogen-bond donors (Lipinski definition) is 2. The standard InChI is InChI=1S/C11H14N2O/c1-7-4-9(12)2-3-10(7)8-5-11(14)13-6-8/h2-4,8H,5-6,12H2,1H3,(H,13,14). The van der Waals surface area contributed by atoms with Crippen molar-refractivity contribution < 1.29 is 4.79 Å². The number of amides is 1. The molecule has 1 aliphatic heterocycles. The zero-order valence-electron chi connectivity index (χ0n) is 8.21. The van der Waals surface area contributed by atoms with Gasteiger partial charge in [0.15, 0.2) is 0 Å². The highest BCUT2D eigenvalue weighted by Crippen LogP contribution is 2.26. The number of aryl methyl sites for hydroxylation is 1. The van der Waals surface area contributed by atoms with E-state index in [1.54, 1.807) is 0 Å². The van der Waals surface area contributed by atoms with Crippen LogP contribution in [0, 0.1) is 6.92 Å². The van der Waals surface area contributed by atoms with Crippen molar-refractivity contribution in [2.45, 2.75) is 19.3 Å². The molecule has 1 unspecified atom stereocenters. The van der Waals surface area contributed by atoms with Gasteiger partial charge in [-0.25, -0.2) is 0 Å². The van der Waals surface area contributed by atoms with Crippen molar-refractivity contribution in [1.82, 2.24) is 5.32 Å². The van der Waals surface area contributed by atoms with Crippen LogP contribution in [0.5, 0.6) is 0 Å². The summed E-state index contributed by atoms with van der Waals surface area (Å²) in [5, 5.41) is 2.84. The first-order valence-electron chi connectivity index (χ1n) is 4.79. The fraction of sp³-hybridized carbons (Fsp3) is 0.364. The van der Waals surface area contributed by atoms with Crippen LogP contribution in [0.3, 0.4) is 0 Å². The molecule has 1 atom stereocenters. The summed E-state index contributed by atoms with van der Waals surface area (Å²) in [6, 6.07) is 5.87. The Kier molecular flexibility index (Phi) is 2.15. The maximum Gasteiger partial charge on any atom is 0.220 e. The Balaban J connectivity index is 2.28. The topological polar surface area (TPSA) is 55.1 Å². The van der Waals surface area contributed by atoms with E-state index in [1.165, 1.54) is 11.1 Å². The second-order valence-electron chi connectivity index (χ2n) is 3.82. The van der Waals surface area contributed by atoms with Gasteiger partial charge in [-0.2, -0.15) is 0 Å². The molecule has 1 aromatic carbocycles. The van der Waals surface area contributed by atoms with E-state index in [2.05, 4.69) is 5.32 Å². The Labute approximate surface area is 83.3 Å². The van der Waals surface area contributed by atoms with Crippen LogP contribution in [-0.2, 0) is 4.79 Å². The first-order chi connectivity index (χ1) is 6.66. The molecule has 74 valence electrons. The molecule has 14 heavy (non-hydrogen) atoms. The zero-order chi connectivity index (χ0) is 10.1. The maximum atomic E-state index is 11.1. The summed E-state index contributed by atoms with van der Waals surface area (Å²) >= 11 is 0. The van der Waals surface area contributed by atoms with Crippen LogP contribution in [0.15, 0.2) is 18.2 Å². The number of carbonyl (C=O) groups excluding carboxylic acids is 1. The normalized spacial score (nSPS) is 20.9. The molecule has 0 aromatic heterocycles. The maximum absolute atomic E-state index is 11.1. The van der Waals surface area contributed by atoms with E-state index in [-0.39, 0.29) is 5.91 Å². The Bertz CT molecular complexity index is 374. The minimum Gasteiger partial charge on any atom is -0.399 e. The lowest BCUT2D eigenvalue weighted by atomic mass is 9.94. The molecule has 1 aromatic rings. The van der Waals surface area contributed by atoms with Gasteiger partial charge in [-0.15, -0.1) is 0 Å². The predicted octanol–water partition coefficient (Wildman–Crippen LogP) is 1.18. The van der Waals surface area contributed by atoms with Gasteiger partial charge in [-0.05, 0) is 30.2 Å². The summed E-state index contributed by atoms with van der Waals surface area (Å²) in [5.74, 6) is 0.467. The molecule has 1 amide bonds. The molecule has 1 heterocycles. The van der Waals surface area contributed by atoms with Crippen LogP contribution < -0.4 is 11.1 Å². The molecular weight excluding hydrogens is 176 g/mol. The van der Waals surface area contributed by atoms with Crippen LogP contribution >= 0.6 is 0 Å². The number of nitrogens with one attached hydrogen (secondary N) is 1. The molecule has 3 N–H and O–H groups in total. The molecule has 0 spiro atoms. The van der Waals surface area contributed by atoms with Crippen molar-refractivity contribution in [3.05, 3.63) is 29.3 Å². The van der Waals surface area contributed by atoms with Gasteiger partial charge in [0.25, 0.3) is 0 Å². The molecule has 0 saturated carbocycles. The van der Waals surface area contributed by atoms with Gasteiger partial charge in [0.05, 0.1) is 0 Å². The second-order valence-corrected chi connectivity index (χ2v) is 3.82. The summed E-state index contributed by atoms with van der Waals surface area (Å²) in [6.07, 6.45) is 0.602. The minimum atomic E-state index is 0.145. The fourth-order valence-corrected chi connectivity index (χ4v) is 1.98. The van der Waals surface area contributed by atoms with E-state index in [4.69, 9.17) is 5.73 Å². The Morgan fingerprint density at radius 2 is 2.29 bits per heavy atom. The fourth-order valence-electron chi connectivity index (χ4n) is 1.98. The Morgan fingerprint density at radius 3 is 2.86 bits per heavy atom. The molecule has 0 radical (unpaired) electrons. The first kappa shape index (κ1) is 9.06. The minimum absolute atomic E-state index is 0.145. The highest BCUT2D eigenvalue weighted by molar-refractivity contribution is 5.79. The number of nitrogens with two attached hydrogens (primary N) is 1. The van der Waals surface area contributed by atoms with Crippen molar-refractivity contribution in [2.75, 3.05) is 12.3 Å². The van der Waals surface area contributed by atoms with E-state index < -0.39 is 0 Å². The molecule has 1 aliphatic rings. The van der Waals surface area contributed by atoms with E-state index in [9.17, 15) is 4.79 Å². The highest BCUT2D eigenvalue weighted by Gasteiger charge is 2.23. The quantitative estimate of drug-likeness (QED) is 0.653. The van der Waals surface area contributed by atoms with Gasteiger partial charge in [-0.1, -0.05) is 6.07 Å². The van der Waals surface area contributed by atoms with Gasteiger partial charge in [-0.3, -0.25) is 4.79 Å². The van der Waals surface area contributed by atoms with Crippen molar-refractivity contribution in [1.29, 1.82) is 0 Å². The third-order valence-corrected chi connectivity index (χ3v) is 2.71. The lowest BCUT2D eigenvalue weighted by Gasteiger charge is -2.11. The van der Waals surface area contributed by atoms with E-state index in [0.29, 0.717) is 12.3 Å². The first-order valence-corrected chi connectivity index (χ1v) is 4.79. The van der Waals surface area contributed by atoms with Gasteiger partial charge in [0, 0.05) is 24.6 Å². The van der Waals surface area contributed by atoms with E-state index in [1.807, 2.05) is 25.1 Å². The summed E-state index contributed by atoms with van der Waals surface area (Å²) in [6.45, 7) is 2.79. The number of rotatable bonds is 1. The SMILES string of the molecule is Cc1cc(N)ccc1C1CNC(=O)C1. The lowest BCUT2D eigenvalue weighted by Crippen LogP contribution is -2.13. The van der Waals surface area contributed by atoms with E-state index in [0.717, 1.165) is 12.2 Å². The molecule has 3 heteroatoms. The number of benzene rings is 1. The summed E-state index contributed by atoms with van der Waals surface area (Å²) in [7, 11) is 0. The van der Waals surface area contributed by atoms with Crippen LogP contribution in [-0.4, -0.2) is 12.5 Å². The summed E-state index contributed by atoms with van der Waals surface area (Å²) < 4.78 is 0. The van der Waals surface area contributed by atoms with Crippen molar-refractivity contribution in [3.8, 4) is 0 Å². The van der Waals surface area contributed by atoms with Gasteiger partial charge in [0.2, 0.25) is 5.91 Å². The molecular formula is C11H14N2O. The van der Waals surface area contributed by atoms with Crippen molar-refractivity contribution in [3.63, 3.8) is 0 Å². The summed E-state index contributed by atoms with van der Waals surface area (Å²) in [5.41, 5.74) is 8.86. The van der Waals surface area contributed by atoms with Crippen LogP contribution in [0.4, 0.5) is 5.69 Å². The number of carbonyl (C=O) groups is 1. The number of hydrogen-bond acceptors (Lipinski definition) is 2. The van der Waals surface area contributed by atoms with Gasteiger partial charge < -0.3 is 11.1 Å². The largest absolute Gasteiger partial charge is 0.399 e. The molecule has 1 fully saturated rings. The molecule has 0 aliphatic carbocycles. The second kappa shape index (κ2) is 3.33. The molecule has 2 rings (SSSR count). The molecule has 1 saturated heterocycles. The van der Waals surface area contributed by atoms with E-state index >= 15 is 0 Å². The van der Waals surface area contributed by atoms with Gasteiger partial charge in [0.1, 0.15) is 0 Å². The Morgan fingerprint density at radius 1 is 1.50 bits per heavy atom. The average molecular weight is 190 g/mol. The van der Waals surface area contributed by atoms with Crippen molar-refractivity contribution in [2.24, 2.45) is 0 Å². The smallest absolute Gasteiger partial charge is 0.220 e. The molecule has 3 nitrogen and oxygen atoms in total. The number of nitrogen functional groups attached to an aromatic ring is 1. The van der Waals surface area contributed by atoms with Crippen molar-refractivity contribution >= 4 is 11.6 Å². The van der Waals surface area contributed by atoms with Crippen LogP contribution in [0.1, 0.15) is 23.5 Å². The molecule has 0 bridgehead atoms. The number of anilines is 1. The zero-order valence-corrected chi connectivity index (χ0v) is 8.21. The lowest BCUT2D eigenvalue weighted by molar-refractivity contribution is -0.119. The third-order valence-electron chi connectivity index (χ3n) is 2.71. The highest BCUT2D eigenvalue weighted by atomic mass is 16.1. The Hall–Kier alpha value is -1.51. The van der Waals surface area contributed by atoms with Crippen LogP contribution in [0.2, 0.25) is 0 Å². The summed E-state index contributed by atoms with van der Waals surface area (Å²) in [4.78, 5) is 11.1. The van der Waals surface area contributed by atoms with Crippen LogP contribution in [0.25, 0.3) is 0 Å². The van der Waals surface area contributed by atoms with Gasteiger partial charge >= 0.3 is 0 Å². The average Bonchev–Trinajstić information content (AvgIpc) is 2.51. The predicted molar refractivity (Wildman–Crippen MR) is 56.0 cm³/mol. The monoisotopic (exact) mass is 190 g/mol.